The first-order valence-electron chi connectivity index (χ1n) is 9.53. The standard InChI is InChI=1S/C21H20ClF2N3OS/c22-19-10-25-21(29-19)26-20(28)18-8-14(7-13-3-1-2-4-13)11-27(18)12-15-5-6-16(23)9-17(15)24/h5-6,8-11,13H,1-4,7,12H2,(H,25,26,28). The zero-order chi connectivity index (χ0) is 20.4. The van der Waals surface area contributed by atoms with Gasteiger partial charge in [-0.3, -0.25) is 10.1 Å². The fourth-order valence-electron chi connectivity index (χ4n) is 3.86. The lowest BCUT2D eigenvalue weighted by Gasteiger charge is -2.10. The van der Waals surface area contributed by atoms with Crippen molar-refractivity contribution in [3.05, 3.63) is 69.5 Å². The van der Waals surface area contributed by atoms with Crippen LogP contribution in [0.15, 0.2) is 36.7 Å². The lowest BCUT2D eigenvalue weighted by molar-refractivity contribution is 0.101. The third-order valence-electron chi connectivity index (χ3n) is 5.24. The minimum atomic E-state index is -0.630. The van der Waals surface area contributed by atoms with E-state index >= 15 is 0 Å². The molecule has 0 radical (unpaired) electrons. The zero-order valence-electron chi connectivity index (χ0n) is 15.6. The van der Waals surface area contributed by atoms with Gasteiger partial charge in [0.2, 0.25) is 0 Å². The van der Waals surface area contributed by atoms with Gasteiger partial charge in [0.15, 0.2) is 5.13 Å². The van der Waals surface area contributed by atoms with E-state index in [1.807, 2.05) is 12.3 Å². The predicted octanol–water partition coefficient (Wildman–Crippen LogP) is 5.91. The SMILES string of the molecule is O=C(Nc1ncc(Cl)s1)c1cc(CC2CCCC2)cn1Cc1ccc(F)cc1F. The van der Waals surface area contributed by atoms with E-state index in [1.165, 1.54) is 55.3 Å². The third kappa shape index (κ3) is 4.85. The highest BCUT2D eigenvalue weighted by molar-refractivity contribution is 7.19. The highest BCUT2D eigenvalue weighted by Crippen LogP contribution is 2.29. The number of amides is 1. The molecule has 1 saturated carbocycles. The van der Waals surface area contributed by atoms with Crippen LogP contribution in [0.4, 0.5) is 13.9 Å². The van der Waals surface area contributed by atoms with Gasteiger partial charge in [0, 0.05) is 17.8 Å². The van der Waals surface area contributed by atoms with Crippen molar-refractivity contribution in [2.75, 3.05) is 5.32 Å². The summed E-state index contributed by atoms with van der Waals surface area (Å²) in [6.45, 7) is 0.137. The van der Waals surface area contributed by atoms with Crippen LogP contribution >= 0.6 is 22.9 Å². The summed E-state index contributed by atoms with van der Waals surface area (Å²) in [5, 5.41) is 3.15. The number of aromatic nitrogens is 2. The third-order valence-corrected chi connectivity index (χ3v) is 6.27. The van der Waals surface area contributed by atoms with E-state index in [4.69, 9.17) is 11.6 Å². The first kappa shape index (κ1) is 20.0. The highest BCUT2D eigenvalue weighted by atomic mass is 35.5. The molecule has 0 bridgehead atoms. The molecule has 4 rings (SSSR count). The van der Waals surface area contributed by atoms with Crippen LogP contribution in [0.5, 0.6) is 0 Å². The molecule has 0 aliphatic heterocycles. The van der Waals surface area contributed by atoms with Crippen LogP contribution in [-0.2, 0) is 13.0 Å². The Labute approximate surface area is 176 Å². The Morgan fingerprint density at radius 3 is 2.76 bits per heavy atom. The molecule has 1 fully saturated rings. The van der Waals surface area contributed by atoms with E-state index < -0.39 is 11.6 Å². The summed E-state index contributed by atoms with van der Waals surface area (Å²) in [5.41, 5.74) is 1.77. The van der Waals surface area contributed by atoms with Crippen LogP contribution in [0.3, 0.4) is 0 Å². The number of hydrogen-bond donors (Lipinski definition) is 1. The van der Waals surface area contributed by atoms with Crippen molar-refractivity contribution in [3.63, 3.8) is 0 Å². The Hall–Kier alpha value is -2.25. The number of rotatable bonds is 6. The van der Waals surface area contributed by atoms with Crippen LogP contribution in [0.1, 0.15) is 47.3 Å². The summed E-state index contributed by atoms with van der Waals surface area (Å²) in [5.74, 6) is -0.980. The minimum Gasteiger partial charge on any atom is -0.339 e. The number of carbonyl (C=O) groups excluding carboxylic acids is 1. The molecule has 1 N–H and O–H groups in total. The van der Waals surface area contributed by atoms with Gasteiger partial charge >= 0.3 is 0 Å². The number of carbonyl (C=O) groups is 1. The number of thiazole rings is 1. The maximum absolute atomic E-state index is 14.2. The smallest absolute Gasteiger partial charge is 0.274 e. The van der Waals surface area contributed by atoms with Gasteiger partial charge in [0.05, 0.1) is 12.7 Å². The molecule has 29 heavy (non-hydrogen) atoms. The fourth-order valence-corrected chi connectivity index (χ4v) is 4.67. The molecule has 2 heterocycles. The first-order chi connectivity index (χ1) is 14.0. The maximum Gasteiger partial charge on any atom is 0.274 e. The van der Waals surface area contributed by atoms with Gasteiger partial charge in [-0.25, -0.2) is 13.8 Å². The topological polar surface area (TPSA) is 46.9 Å². The zero-order valence-corrected chi connectivity index (χ0v) is 17.2. The molecular weight excluding hydrogens is 416 g/mol. The van der Waals surface area contributed by atoms with E-state index in [0.29, 0.717) is 26.6 Å². The molecule has 0 saturated heterocycles. The summed E-state index contributed by atoms with van der Waals surface area (Å²) in [6.07, 6.45) is 9.12. The summed E-state index contributed by atoms with van der Waals surface area (Å²) in [7, 11) is 0. The van der Waals surface area contributed by atoms with Crippen molar-refractivity contribution in [1.82, 2.24) is 9.55 Å². The van der Waals surface area contributed by atoms with Gasteiger partial charge in [0.25, 0.3) is 5.91 Å². The molecule has 2 aromatic heterocycles. The highest BCUT2D eigenvalue weighted by Gasteiger charge is 2.20. The molecule has 4 nitrogen and oxygen atoms in total. The Kier molecular flexibility index (Phi) is 5.96. The average Bonchev–Trinajstić information content (AvgIpc) is 3.40. The van der Waals surface area contributed by atoms with Gasteiger partial charge in [-0.2, -0.15) is 0 Å². The Morgan fingerprint density at radius 2 is 2.07 bits per heavy atom. The molecule has 8 heteroatoms. The van der Waals surface area contributed by atoms with Crippen LogP contribution in [0.2, 0.25) is 4.34 Å². The summed E-state index contributed by atoms with van der Waals surface area (Å²) < 4.78 is 29.6. The lowest BCUT2D eigenvalue weighted by atomic mass is 10.00. The van der Waals surface area contributed by atoms with Gasteiger partial charge < -0.3 is 4.57 Å². The van der Waals surface area contributed by atoms with E-state index in [-0.39, 0.29) is 12.5 Å². The van der Waals surface area contributed by atoms with E-state index in [1.54, 1.807) is 4.57 Å². The molecular formula is C21H20ClF2N3OS. The van der Waals surface area contributed by atoms with Crippen LogP contribution in [-0.4, -0.2) is 15.5 Å². The van der Waals surface area contributed by atoms with Gasteiger partial charge in [-0.15, -0.1) is 0 Å². The van der Waals surface area contributed by atoms with Gasteiger partial charge in [0.1, 0.15) is 21.7 Å². The molecule has 1 aliphatic rings. The number of nitrogens with one attached hydrogen (secondary N) is 1. The van der Waals surface area contributed by atoms with E-state index in [9.17, 15) is 13.6 Å². The molecule has 3 aromatic rings. The molecule has 1 aliphatic carbocycles. The maximum atomic E-state index is 14.2. The second-order valence-electron chi connectivity index (χ2n) is 7.38. The van der Waals surface area contributed by atoms with Crippen LogP contribution in [0.25, 0.3) is 0 Å². The molecule has 0 atom stereocenters. The van der Waals surface area contributed by atoms with Gasteiger partial charge in [-0.1, -0.05) is 54.7 Å². The normalized spacial score (nSPS) is 14.4. The van der Waals surface area contributed by atoms with Gasteiger partial charge in [-0.05, 0) is 30.0 Å². The minimum absolute atomic E-state index is 0.137. The Bertz CT molecular complexity index is 1030. The second kappa shape index (κ2) is 8.63. The number of halogens is 3. The molecule has 1 aromatic carbocycles. The largest absolute Gasteiger partial charge is 0.339 e. The monoisotopic (exact) mass is 435 g/mol. The predicted molar refractivity (Wildman–Crippen MR) is 111 cm³/mol. The molecule has 1 amide bonds. The molecule has 152 valence electrons. The second-order valence-corrected chi connectivity index (χ2v) is 9.04. The van der Waals surface area contributed by atoms with Crippen molar-refractivity contribution >= 4 is 34.0 Å². The number of nitrogens with zero attached hydrogens (tertiary/aromatic N) is 2. The molecule has 0 spiro atoms. The summed E-state index contributed by atoms with van der Waals surface area (Å²) in [6, 6.07) is 5.34. The van der Waals surface area contributed by atoms with Crippen LogP contribution < -0.4 is 5.32 Å². The average molecular weight is 436 g/mol. The molecule has 0 unspecified atom stereocenters. The van der Waals surface area contributed by atoms with E-state index in [2.05, 4.69) is 10.3 Å². The van der Waals surface area contributed by atoms with Crippen molar-refractivity contribution in [2.24, 2.45) is 5.92 Å². The Morgan fingerprint density at radius 1 is 1.28 bits per heavy atom. The number of benzene rings is 1. The quantitative estimate of drug-likeness (QED) is 0.523. The van der Waals surface area contributed by atoms with Crippen molar-refractivity contribution in [1.29, 1.82) is 0 Å². The lowest BCUT2D eigenvalue weighted by Crippen LogP contribution is -2.17. The summed E-state index contributed by atoms with van der Waals surface area (Å²) >= 11 is 7.05. The van der Waals surface area contributed by atoms with E-state index in [0.717, 1.165) is 18.1 Å². The number of anilines is 1. The summed E-state index contributed by atoms with van der Waals surface area (Å²) in [4.78, 5) is 16.9. The Balaban J connectivity index is 1.61. The fraction of sp³-hybridized carbons (Fsp3) is 0.333. The van der Waals surface area contributed by atoms with Crippen molar-refractivity contribution < 1.29 is 13.6 Å². The first-order valence-corrected chi connectivity index (χ1v) is 10.7. The van der Waals surface area contributed by atoms with Crippen LogP contribution in [0, 0.1) is 17.6 Å². The van der Waals surface area contributed by atoms with Crippen molar-refractivity contribution in [2.45, 2.75) is 38.6 Å². The number of hydrogen-bond acceptors (Lipinski definition) is 3. The van der Waals surface area contributed by atoms with Crippen molar-refractivity contribution in [3.8, 4) is 0 Å².